The number of carbonyl (C=O) groups is 1. The first-order valence-corrected chi connectivity index (χ1v) is 12.2. The van der Waals surface area contributed by atoms with E-state index in [0.29, 0.717) is 45.9 Å². The van der Waals surface area contributed by atoms with Gasteiger partial charge in [0.25, 0.3) is 11.5 Å². The average Bonchev–Trinajstić information content (AvgIpc) is 3.00. The van der Waals surface area contributed by atoms with Gasteiger partial charge >= 0.3 is 0 Å². The minimum atomic E-state index is -0.195. The molecule has 0 saturated carbocycles. The first kappa shape index (κ1) is 22.9. The monoisotopic (exact) mass is 472 g/mol. The fourth-order valence-electron chi connectivity index (χ4n) is 4.16. The lowest BCUT2D eigenvalue weighted by atomic mass is 10.1. The van der Waals surface area contributed by atoms with Gasteiger partial charge in [-0.2, -0.15) is 0 Å². The Morgan fingerprint density at radius 2 is 2.00 bits per heavy atom. The van der Waals surface area contributed by atoms with E-state index in [-0.39, 0.29) is 23.7 Å². The van der Waals surface area contributed by atoms with Crippen LogP contribution in [0, 0.1) is 6.92 Å². The molecule has 0 spiro atoms. The van der Waals surface area contributed by atoms with Gasteiger partial charge in [0, 0.05) is 25.8 Å². The molecule has 2 aromatic rings. The van der Waals surface area contributed by atoms with Gasteiger partial charge in [0.1, 0.15) is 15.8 Å². The van der Waals surface area contributed by atoms with Gasteiger partial charge in [-0.3, -0.25) is 18.9 Å². The fraction of sp³-hybridized carbons (Fsp3) is 0.478. The number of pyridine rings is 1. The summed E-state index contributed by atoms with van der Waals surface area (Å²) in [6, 6.07) is 3.77. The van der Waals surface area contributed by atoms with Crippen LogP contribution in [0.25, 0.3) is 11.7 Å². The Morgan fingerprint density at radius 1 is 1.28 bits per heavy atom. The molecule has 0 unspecified atom stereocenters. The number of hydrogen-bond acceptors (Lipinski definition) is 7. The molecule has 2 aliphatic heterocycles. The number of thioether (sulfide) groups is 1. The lowest BCUT2D eigenvalue weighted by molar-refractivity contribution is -0.122. The van der Waals surface area contributed by atoms with E-state index in [1.807, 2.05) is 32.9 Å². The van der Waals surface area contributed by atoms with Gasteiger partial charge in [-0.15, -0.1) is 0 Å². The fourth-order valence-corrected chi connectivity index (χ4v) is 5.45. The van der Waals surface area contributed by atoms with E-state index in [1.165, 1.54) is 11.8 Å². The normalized spacial score (nSPS) is 23.1. The van der Waals surface area contributed by atoms with Crippen molar-refractivity contribution in [3.63, 3.8) is 0 Å². The van der Waals surface area contributed by atoms with Crippen molar-refractivity contribution in [3.8, 4) is 0 Å². The van der Waals surface area contributed by atoms with Crippen molar-refractivity contribution in [2.45, 2.75) is 52.7 Å². The molecule has 4 heterocycles. The van der Waals surface area contributed by atoms with Crippen LogP contribution in [0.5, 0.6) is 0 Å². The quantitative estimate of drug-likeness (QED) is 0.486. The maximum atomic E-state index is 13.6. The number of unbranched alkanes of at least 4 members (excludes halogenated alkanes) is 1. The average molecular weight is 473 g/mol. The maximum absolute atomic E-state index is 13.6. The second kappa shape index (κ2) is 9.33. The Morgan fingerprint density at radius 3 is 2.69 bits per heavy atom. The van der Waals surface area contributed by atoms with E-state index < -0.39 is 0 Å². The summed E-state index contributed by atoms with van der Waals surface area (Å²) in [4.78, 5) is 35.7. The molecule has 4 rings (SSSR count). The highest BCUT2D eigenvalue weighted by Gasteiger charge is 2.33. The number of amides is 1. The van der Waals surface area contributed by atoms with Crippen molar-refractivity contribution >= 4 is 51.7 Å². The van der Waals surface area contributed by atoms with Crippen molar-refractivity contribution in [2.24, 2.45) is 0 Å². The molecule has 2 fully saturated rings. The number of fused-ring (bicyclic) bond motifs is 1. The Balaban J connectivity index is 1.85. The molecule has 2 aromatic heterocycles. The zero-order valence-corrected chi connectivity index (χ0v) is 20.5. The van der Waals surface area contributed by atoms with Gasteiger partial charge in [0.2, 0.25) is 0 Å². The Hall–Kier alpha value is -2.23. The minimum absolute atomic E-state index is 0.0102. The molecule has 0 bridgehead atoms. The van der Waals surface area contributed by atoms with E-state index >= 15 is 0 Å². The second-order valence-corrected chi connectivity index (χ2v) is 10.1. The summed E-state index contributed by atoms with van der Waals surface area (Å²) >= 11 is 6.69. The van der Waals surface area contributed by atoms with Crippen LogP contribution >= 0.6 is 24.0 Å². The van der Waals surface area contributed by atoms with Gasteiger partial charge < -0.3 is 9.64 Å². The third-order valence-corrected chi connectivity index (χ3v) is 7.05. The van der Waals surface area contributed by atoms with Crippen molar-refractivity contribution in [1.82, 2.24) is 14.3 Å². The van der Waals surface area contributed by atoms with Crippen LogP contribution in [-0.2, 0) is 9.53 Å². The number of anilines is 1. The SMILES string of the molecule is CCCCN1C(=O)/C(=C/c2c(N3C[C@@H](C)O[C@@H](C)C3)nc3c(C)cccn3c2=O)SC1=S. The molecule has 9 heteroatoms. The van der Waals surface area contributed by atoms with Gasteiger partial charge in [-0.25, -0.2) is 4.98 Å². The molecule has 7 nitrogen and oxygen atoms in total. The van der Waals surface area contributed by atoms with Crippen LogP contribution in [0.2, 0.25) is 0 Å². The number of nitrogens with zero attached hydrogens (tertiary/aromatic N) is 4. The molecule has 2 atom stereocenters. The van der Waals surface area contributed by atoms with Crippen LogP contribution in [-0.4, -0.2) is 56.4 Å². The molecule has 170 valence electrons. The van der Waals surface area contributed by atoms with Crippen LogP contribution in [0.3, 0.4) is 0 Å². The molecule has 32 heavy (non-hydrogen) atoms. The smallest absolute Gasteiger partial charge is 0.267 e. The number of morpholine rings is 1. The Labute approximate surface area is 197 Å². The zero-order valence-electron chi connectivity index (χ0n) is 18.8. The summed E-state index contributed by atoms with van der Waals surface area (Å²) < 4.78 is 7.97. The largest absolute Gasteiger partial charge is 0.372 e. The van der Waals surface area contributed by atoms with Crippen LogP contribution in [0.1, 0.15) is 44.7 Å². The van der Waals surface area contributed by atoms with E-state index in [1.54, 1.807) is 21.6 Å². The molecule has 0 N–H and O–H groups in total. The summed E-state index contributed by atoms with van der Waals surface area (Å²) in [5.74, 6) is 0.446. The molecule has 0 radical (unpaired) electrons. The summed E-state index contributed by atoms with van der Waals surface area (Å²) in [5, 5.41) is 0. The van der Waals surface area contributed by atoms with Crippen molar-refractivity contribution in [3.05, 3.63) is 44.7 Å². The van der Waals surface area contributed by atoms with E-state index in [2.05, 4.69) is 11.8 Å². The van der Waals surface area contributed by atoms with Crippen molar-refractivity contribution < 1.29 is 9.53 Å². The summed E-state index contributed by atoms with van der Waals surface area (Å²) in [6.45, 7) is 9.88. The maximum Gasteiger partial charge on any atom is 0.267 e. The molecule has 2 aliphatic rings. The minimum Gasteiger partial charge on any atom is -0.372 e. The molecule has 0 aliphatic carbocycles. The summed E-state index contributed by atoms with van der Waals surface area (Å²) in [5.41, 5.74) is 1.74. The summed E-state index contributed by atoms with van der Waals surface area (Å²) in [7, 11) is 0. The lowest BCUT2D eigenvalue weighted by Crippen LogP contribution is -2.46. The number of hydrogen-bond donors (Lipinski definition) is 0. The first-order chi connectivity index (χ1) is 15.3. The highest BCUT2D eigenvalue weighted by atomic mass is 32.2. The van der Waals surface area contributed by atoms with Gasteiger partial charge in [0.05, 0.1) is 22.7 Å². The molecule has 0 aromatic carbocycles. The van der Waals surface area contributed by atoms with Gasteiger partial charge in [-0.1, -0.05) is 43.4 Å². The topological polar surface area (TPSA) is 67.2 Å². The molecule has 1 amide bonds. The van der Waals surface area contributed by atoms with Gasteiger partial charge in [0.15, 0.2) is 0 Å². The van der Waals surface area contributed by atoms with Gasteiger partial charge in [-0.05, 0) is 44.9 Å². The third-order valence-electron chi connectivity index (χ3n) is 5.67. The molecule has 2 saturated heterocycles. The van der Waals surface area contributed by atoms with Crippen LogP contribution < -0.4 is 10.5 Å². The highest BCUT2D eigenvalue weighted by Crippen LogP contribution is 2.34. The van der Waals surface area contributed by atoms with E-state index in [0.717, 1.165) is 18.4 Å². The number of ether oxygens (including phenoxy) is 1. The summed E-state index contributed by atoms with van der Waals surface area (Å²) in [6.07, 6.45) is 5.27. The van der Waals surface area contributed by atoms with Crippen LogP contribution in [0.15, 0.2) is 28.0 Å². The number of aromatic nitrogens is 2. The number of carbonyl (C=O) groups excluding carboxylic acids is 1. The second-order valence-electron chi connectivity index (χ2n) is 8.39. The first-order valence-electron chi connectivity index (χ1n) is 11.0. The predicted molar refractivity (Wildman–Crippen MR) is 133 cm³/mol. The van der Waals surface area contributed by atoms with Crippen molar-refractivity contribution in [1.29, 1.82) is 0 Å². The zero-order chi connectivity index (χ0) is 23.0. The predicted octanol–water partition coefficient (Wildman–Crippen LogP) is 3.62. The Kier molecular flexibility index (Phi) is 6.69. The van der Waals surface area contributed by atoms with Crippen LogP contribution in [0.4, 0.5) is 5.82 Å². The van der Waals surface area contributed by atoms with E-state index in [4.69, 9.17) is 21.9 Å². The standard InChI is InChI=1S/C23H28N4O3S2/c1-5-6-9-27-22(29)18(32-23(27)31)11-17-20(25-12-15(3)30-16(4)13-25)24-19-14(2)8-7-10-26(19)21(17)28/h7-8,10-11,15-16H,5-6,9,12-13H2,1-4H3/b18-11-/t15-,16+. The number of rotatable bonds is 5. The Bertz CT molecular complexity index is 1150. The molecular formula is C23H28N4O3S2. The highest BCUT2D eigenvalue weighted by molar-refractivity contribution is 8.26. The number of aryl methyl sites for hydroxylation is 1. The van der Waals surface area contributed by atoms with E-state index in [9.17, 15) is 9.59 Å². The lowest BCUT2D eigenvalue weighted by Gasteiger charge is -2.36. The van der Waals surface area contributed by atoms with Crippen molar-refractivity contribution in [2.75, 3.05) is 24.5 Å². The third kappa shape index (κ3) is 4.33. The molecular weight excluding hydrogens is 444 g/mol. The number of thiocarbonyl (C=S) groups is 1.